The van der Waals surface area contributed by atoms with Gasteiger partial charge in [-0.05, 0) is 26.8 Å². The van der Waals surface area contributed by atoms with Crippen LogP contribution in [0.5, 0.6) is 0 Å². The first-order chi connectivity index (χ1) is 13.2. The highest BCUT2D eigenvalue weighted by Crippen LogP contribution is 2.25. The Balaban J connectivity index is 2.03. The van der Waals surface area contributed by atoms with Gasteiger partial charge in [-0.3, -0.25) is 4.90 Å². The second-order valence-corrected chi connectivity index (χ2v) is 6.58. The third kappa shape index (κ3) is 5.40. The summed E-state index contributed by atoms with van der Waals surface area (Å²) in [6, 6.07) is 0.133. The number of alkyl halides is 3. The van der Waals surface area contributed by atoms with Crippen LogP contribution in [0.3, 0.4) is 0 Å². The number of carbonyl (C=O) groups is 1. The van der Waals surface area contributed by atoms with Gasteiger partial charge in [0.15, 0.2) is 5.96 Å². The number of halogens is 3. The molecule has 0 amide bonds. The van der Waals surface area contributed by atoms with E-state index < -0.39 is 18.2 Å². The summed E-state index contributed by atoms with van der Waals surface area (Å²) in [7, 11) is 1.30. The molecule has 1 N–H and O–H groups in total. The molecule has 10 heteroatoms. The molecule has 0 radical (unpaired) electrons. The molecule has 1 aliphatic heterocycles. The van der Waals surface area contributed by atoms with E-state index in [-0.39, 0.29) is 6.54 Å². The minimum atomic E-state index is -4.23. The Bertz CT molecular complexity index is 695. The molecule has 2 rings (SSSR count). The Labute approximate surface area is 162 Å². The molecule has 1 aromatic rings. The van der Waals surface area contributed by atoms with E-state index in [1.54, 1.807) is 13.0 Å². The number of aliphatic imine (C=N–C) groups is 1. The van der Waals surface area contributed by atoms with Gasteiger partial charge in [0, 0.05) is 32.7 Å². The van der Waals surface area contributed by atoms with Gasteiger partial charge in [0.05, 0.1) is 7.11 Å². The molecule has 1 unspecified atom stereocenters. The van der Waals surface area contributed by atoms with Crippen molar-refractivity contribution in [3.63, 3.8) is 0 Å². The number of guanidine groups is 1. The highest BCUT2D eigenvalue weighted by Gasteiger charge is 2.41. The van der Waals surface area contributed by atoms with E-state index in [9.17, 15) is 18.0 Å². The summed E-state index contributed by atoms with van der Waals surface area (Å²) >= 11 is 0. The summed E-state index contributed by atoms with van der Waals surface area (Å²) in [5, 5.41) is 3.15. The molecule has 0 bridgehead atoms. The molecule has 1 atom stereocenters. The van der Waals surface area contributed by atoms with Gasteiger partial charge in [-0.1, -0.05) is 0 Å². The van der Waals surface area contributed by atoms with Crippen LogP contribution in [0.2, 0.25) is 0 Å². The van der Waals surface area contributed by atoms with Gasteiger partial charge in [0.1, 0.15) is 29.7 Å². The molecule has 7 nitrogen and oxygen atoms in total. The normalized spacial score (nSPS) is 17.5. The lowest BCUT2D eigenvalue weighted by Crippen LogP contribution is -2.56. The van der Waals surface area contributed by atoms with Gasteiger partial charge in [-0.15, -0.1) is 0 Å². The third-order valence-corrected chi connectivity index (χ3v) is 4.73. The maximum atomic E-state index is 12.9. The number of nitrogens with zero attached hydrogens (tertiary/aromatic N) is 3. The van der Waals surface area contributed by atoms with Crippen LogP contribution < -0.4 is 5.32 Å². The van der Waals surface area contributed by atoms with E-state index in [0.717, 1.165) is 0 Å². The second-order valence-electron chi connectivity index (χ2n) is 6.58. The lowest BCUT2D eigenvalue weighted by Gasteiger charge is -2.39. The predicted molar refractivity (Wildman–Crippen MR) is 98.3 cm³/mol. The van der Waals surface area contributed by atoms with Crippen molar-refractivity contribution in [3.8, 4) is 0 Å². The number of esters is 1. The molecule has 28 heavy (non-hydrogen) atoms. The van der Waals surface area contributed by atoms with Crippen molar-refractivity contribution in [2.75, 3.05) is 39.8 Å². The van der Waals surface area contributed by atoms with Crippen LogP contribution in [0.4, 0.5) is 13.2 Å². The molecular formula is C18H27F3N4O3. The lowest BCUT2D eigenvalue weighted by molar-refractivity contribution is -0.181. The Morgan fingerprint density at radius 1 is 1.36 bits per heavy atom. The fraction of sp³-hybridized carbons (Fsp3) is 0.667. The van der Waals surface area contributed by atoms with Crippen LogP contribution in [0.25, 0.3) is 0 Å². The average Bonchev–Trinajstić information content (AvgIpc) is 3.04. The Kier molecular flexibility index (Phi) is 7.34. The highest BCUT2D eigenvalue weighted by molar-refractivity contribution is 5.90. The largest absolute Gasteiger partial charge is 0.465 e. The molecule has 1 aromatic heterocycles. The zero-order valence-corrected chi connectivity index (χ0v) is 16.6. The van der Waals surface area contributed by atoms with Crippen LogP contribution in [0.1, 0.15) is 35.7 Å². The van der Waals surface area contributed by atoms with Gasteiger partial charge in [0.25, 0.3) is 0 Å². The monoisotopic (exact) mass is 404 g/mol. The third-order valence-electron chi connectivity index (χ3n) is 4.73. The molecule has 2 heterocycles. The van der Waals surface area contributed by atoms with Crippen LogP contribution >= 0.6 is 0 Å². The smallest absolute Gasteiger partial charge is 0.403 e. The summed E-state index contributed by atoms with van der Waals surface area (Å²) in [4.78, 5) is 19.5. The fourth-order valence-electron chi connectivity index (χ4n) is 3.04. The van der Waals surface area contributed by atoms with Crippen molar-refractivity contribution in [3.05, 3.63) is 23.2 Å². The van der Waals surface area contributed by atoms with E-state index in [4.69, 9.17) is 9.15 Å². The Morgan fingerprint density at radius 3 is 2.54 bits per heavy atom. The van der Waals surface area contributed by atoms with E-state index in [1.165, 1.54) is 18.9 Å². The predicted octanol–water partition coefficient (Wildman–Crippen LogP) is 2.41. The number of rotatable bonds is 5. The van der Waals surface area contributed by atoms with Crippen LogP contribution in [-0.4, -0.2) is 73.8 Å². The maximum absolute atomic E-state index is 12.9. The van der Waals surface area contributed by atoms with Gasteiger partial charge in [-0.2, -0.15) is 13.2 Å². The summed E-state index contributed by atoms with van der Waals surface area (Å²) in [6.45, 7) is 7.10. The van der Waals surface area contributed by atoms with E-state index in [0.29, 0.717) is 55.8 Å². The average molecular weight is 404 g/mol. The molecule has 158 valence electrons. The Hall–Kier alpha value is -2.23. The number of hydrogen-bond acceptors (Lipinski definition) is 5. The number of methoxy groups -OCH3 is 1. The first-order valence-corrected chi connectivity index (χ1v) is 9.19. The van der Waals surface area contributed by atoms with Crippen molar-refractivity contribution in [1.82, 2.24) is 15.1 Å². The van der Waals surface area contributed by atoms with Crippen molar-refractivity contribution in [1.29, 1.82) is 0 Å². The quantitative estimate of drug-likeness (QED) is 0.462. The maximum Gasteiger partial charge on any atom is 0.403 e. The fourth-order valence-corrected chi connectivity index (χ4v) is 3.04. The minimum absolute atomic E-state index is 0.208. The second kappa shape index (κ2) is 9.31. The van der Waals surface area contributed by atoms with E-state index in [2.05, 4.69) is 10.3 Å². The molecule has 1 fully saturated rings. The molecular weight excluding hydrogens is 377 g/mol. The zero-order valence-electron chi connectivity index (χ0n) is 16.6. The summed E-state index contributed by atoms with van der Waals surface area (Å²) in [5.74, 6) is 1.10. The lowest BCUT2D eigenvalue weighted by atomic mass is 10.2. The number of ether oxygens (including phenoxy) is 1. The number of hydrogen-bond donors (Lipinski definition) is 1. The first kappa shape index (κ1) is 22.1. The molecule has 0 aromatic carbocycles. The number of piperazine rings is 1. The van der Waals surface area contributed by atoms with Gasteiger partial charge >= 0.3 is 12.1 Å². The number of nitrogens with one attached hydrogen (secondary N) is 1. The molecule has 0 aliphatic carbocycles. The van der Waals surface area contributed by atoms with Gasteiger partial charge in [0.2, 0.25) is 0 Å². The summed E-state index contributed by atoms with van der Waals surface area (Å²) in [6.07, 6.45) is -4.23. The van der Waals surface area contributed by atoms with Crippen LogP contribution in [-0.2, 0) is 11.3 Å². The van der Waals surface area contributed by atoms with Crippen LogP contribution in [0.15, 0.2) is 15.5 Å². The minimum Gasteiger partial charge on any atom is -0.465 e. The molecule has 0 spiro atoms. The van der Waals surface area contributed by atoms with Crippen molar-refractivity contribution in [2.45, 2.75) is 39.5 Å². The van der Waals surface area contributed by atoms with E-state index in [1.807, 2.05) is 11.8 Å². The first-order valence-electron chi connectivity index (χ1n) is 9.19. The SMILES string of the molecule is CCNC(=NCc1cc(C(=O)OC)c(C)o1)N1CCN(C(C)C(F)(F)F)CC1. The topological polar surface area (TPSA) is 70.3 Å². The Morgan fingerprint density at radius 2 is 2.00 bits per heavy atom. The van der Waals surface area contributed by atoms with Gasteiger partial charge < -0.3 is 19.4 Å². The number of aryl methyl sites for hydroxylation is 1. The molecule has 1 aliphatic rings. The number of carbonyl (C=O) groups excluding carboxylic acids is 1. The van der Waals surface area contributed by atoms with Gasteiger partial charge in [-0.25, -0.2) is 9.79 Å². The number of furan rings is 1. The molecule has 1 saturated heterocycles. The summed E-state index contributed by atoms with van der Waals surface area (Å²) in [5.41, 5.74) is 0.354. The zero-order chi connectivity index (χ0) is 20.9. The van der Waals surface area contributed by atoms with Crippen molar-refractivity contribution >= 4 is 11.9 Å². The highest BCUT2D eigenvalue weighted by atomic mass is 19.4. The van der Waals surface area contributed by atoms with E-state index >= 15 is 0 Å². The van der Waals surface area contributed by atoms with Crippen LogP contribution in [0, 0.1) is 6.92 Å². The standard InChI is InChI=1S/C18H27F3N4O3/c1-5-22-17(23-11-14-10-15(12(2)28-14)16(26)27-4)25-8-6-24(7-9-25)13(3)18(19,20)21/h10,13H,5-9,11H2,1-4H3,(H,22,23). The van der Waals surface area contributed by atoms with Crippen molar-refractivity contribution in [2.24, 2.45) is 4.99 Å². The summed E-state index contributed by atoms with van der Waals surface area (Å²) < 4.78 is 49.0. The molecule has 0 saturated carbocycles. The van der Waals surface area contributed by atoms with Crippen molar-refractivity contribution < 1.29 is 27.1 Å².